The maximum Gasteiger partial charge on any atom is 0.216 e. The first kappa shape index (κ1) is 9.67. The highest BCUT2D eigenvalue weighted by Gasteiger charge is 2.07. The van der Waals surface area contributed by atoms with Gasteiger partial charge in [-0.2, -0.15) is 0 Å². The van der Waals surface area contributed by atoms with Crippen LogP contribution in [0.3, 0.4) is 0 Å². The lowest BCUT2D eigenvalue weighted by molar-refractivity contribution is 0.176. The number of aliphatic hydroxyl groups excluding tert-OH is 1. The van der Waals surface area contributed by atoms with Crippen molar-refractivity contribution in [3.63, 3.8) is 0 Å². The summed E-state index contributed by atoms with van der Waals surface area (Å²) < 4.78 is 4.90. The molecule has 70 valence electrons. The quantitative estimate of drug-likeness (QED) is 0.705. The van der Waals surface area contributed by atoms with Crippen molar-refractivity contribution < 1.29 is 9.84 Å². The Kier molecular flexibility index (Phi) is 3.40. The van der Waals surface area contributed by atoms with Crippen molar-refractivity contribution in [3.8, 4) is 5.88 Å². The summed E-state index contributed by atoms with van der Waals surface area (Å²) in [7, 11) is 1.52. The Morgan fingerprint density at radius 3 is 3.08 bits per heavy atom. The van der Waals surface area contributed by atoms with Crippen LogP contribution in [0.1, 0.15) is 18.2 Å². The second-order valence-electron chi connectivity index (χ2n) is 2.53. The minimum absolute atomic E-state index is 0.452. The van der Waals surface area contributed by atoms with Crippen LogP contribution in [-0.4, -0.2) is 22.2 Å². The van der Waals surface area contributed by atoms with E-state index in [1.807, 2.05) is 0 Å². The summed E-state index contributed by atoms with van der Waals surface area (Å²) in [4.78, 5) is 7.75. The van der Waals surface area contributed by atoms with Gasteiger partial charge in [0.05, 0.1) is 18.9 Å². The number of methoxy groups -OCH3 is 1. The van der Waals surface area contributed by atoms with Crippen molar-refractivity contribution >= 4 is 0 Å². The van der Waals surface area contributed by atoms with E-state index in [9.17, 15) is 5.11 Å². The van der Waals surface area contributed by atoms with Gasteiger partial charge in [-0.05, 0) is 6.42 Å². The van der Waals surface area contributed by atoms with Crippen molar-refractivity contribution in [2.75, 3.05) is 7.11 Å². The fourth-order valence-electron chi connectivity index (χ4n) is 0.926. The van der Waals surface area contributed by atoms with E-state index in [4.69, 9.17) is 4.74 Å². The van der Waals surface area contributed by atoms with Crippen LogP contribution >= 0.6 is 0 Å². The summed E-state index contributed by atoms with van der Waals surface area (Å²) in [5, 5.41) is 9.52. The van der Waals surface area contributed by atoms with Gasteiger partial charge < -0.3 is 9.84 Å². The monoisotopic (exact) mass is 180 g/mol. The van der Waals surface area contributed by atoms with Gasteiger partial charge in [0.25, 0.3) is 0 Å². The van der Waals surface area contributed by atoms with Crippen molar-refractivity contribution in [2.24, 2.45) is 0 Å². The van der Waals surface area contributed by atoms with Crippen LogP contribution in [0, 0.1) is 0 Å². The molecule has 0 radical (unpaired) electrons. The number of hydrogen-bond donors (Lipinski definition) is 1. The highest BCUT2D eigenvalue weighted by molar-refractivity contribution is 5.15. The maximum atomic E-state index is 9.52. The Hall–Kier alpha value is -1.42. The molecule has 1 N–H and O–H groups in total. The summed E-state index contributed by atoms with van der Waals surface area (Å²) >= 11 is 0. The second kappa shape index (κ2) is 4.57. The Balaban J connectivity index is 2.81. The van der Waals surface area contributed by atoms with Gasteiger partial charge in [0, 0.05) is 6.07 Å². The van der Waals surface area contributed by atoms with Crippen LogP contribution < -0.4 is 4.74 Å². The van der Waals surface area contributed by atoms with Crippen molar-refractivity contribution in [2.45, 2.75) is 12.5 Å². The number of hydrogen-bond acceptors (Lipinski definition) is 4. The van der Waals surface area contributed by atoms with E-state index in [0.717, 1.165) is 0 Å². The van der Waals surface area contributed by atoms with Gasteiger partial charge in [-0.3, -0.25) is 0 Å². The topological polar surface area (TPSA) is 55.2 Å². The number of nitrogens with zero attached hydrogens (tertiary/aromatic N) is 2. The van der Waals surface area contributed by atoms with Gasteiger partial charge in [-0.15, -0.1) is 6.58 Å². The molecular formula is C9H12N2O2. The highest BCUT2D eigenvalue weighted by Crippen LogP contribution is 2.16. The molecule has 0 aliphatic heterocycles. The van der Waals surface area contributed by atoms with Gasteiger partial charge >= 0.3 is 0 Å². The third kappa shape index (κ3) is 2.52. The predicted octanol–water partition coefficient (Wildman–Crippen LogP) is 1.09. The molecule has 4 nitrogen and oxygen atoms in total. The Morgan fingerprint density at radius 2 is 2.46 bits per heavy atom. The summed E-state index contributed by atoms with van der Waals surface area (Å²) in [6.45, 7) is 3.53. The lowest BCUT2D eigenvalue weighted by Crippen LogP contribution is -2.00. The molecule has 0 aromatic carbocycles. The minimum Gasteiger partial charge on any atom is -0.481 e. The van der Waals surface area contributed by atoms with Gasteiger partial charge in [-0.25, -0.2) is 9.97 Å². The molecule has 1 aromatic rings. The lowest BCUT2D eigenvalue weighted by atomic mass is 10.2. The first-order valence-electron chi connectivity index (χ1n) is 3.92. The van der Waals surface area contributed by atoms with Gasteiger partial charge in [0.15, 0.2) is 0 Å². The zero-order valence-corrected chi connectivity index (χ0v) is 7.47. The van der Waals surface area contributed by atoms with E-state index in [-0.39, 0.29) is 0 Å². The molecule has 1 atom stereocenters. The summed E-state index contributed by atoms with van der Waals surface area (Å²) in [5.74, 6) is 0.452. The number of aromatic nitrogens is 2. The van der Waals surface area contributed by atoms with Crippen LogP contribution in [0.25, 0.3) is 0 Å². The van der Waals surface area contributed by atoms with Crippen LogP contribution in [0.15, 0.2) is 25.0 Å². The smallest absolute Gasteiger partial charge is 0.216 e. The normalized spacial score (nSPS) is 12.2. The fourth-order valence-corrected chi connectivity index (χ4v) is 0.926. The van der Waals surface area contributed by atoms with Gasteiger partial charge in [0.2, 0.25) is 5.88 Å². The van der Waals surface area contributed by atoms with E-state index < -0.39 is 6.10 Å². The summed E-state index contributed by atoms with van der Waals surface area (Å²) in [5.41, 5.74) is 0.548. The molecule has 0 fully saturated rings. The molecule has 1 aromatic heterocycles. The van der Waals surface area contributed by atoms with Crippen molar-refractivity contribution in [3.05, 3.63) is 30.7 Å². The molecule has 0 spiro atoms. The van der Waals surface area contributed by atoms with E-state index >= 15 is 0 Å². The third-order valence-electron chi connectivity index (χ3n) is 1.60. The zero-order valence-electron chi connectivity index (χ0n) is 7.47. The molecule has 0 amide bonds. The zero-order chi connectivity index (χ0) is 9.68. The van der Waals surface area contributed by atoms with E-state index in [1.54, 1.807) is 12.1 Å². The van der Waals surface area contributed by atoms with Crippen molar-refractivity contribution in [1.82, 2.24) is 9.97 Å². The number of ether oxygens (including phenoxy) is 1. The van der Waals surface area contributed by atoms with Crippen molar-refractivity contribution in [1.29, 1.82) is 0 Å². The molecule has 0 aliphatic rings. The molecule has 0 saturated carbocycles. The first-order valence-corrected chi connectivity index (χ1v) is 3.92. The number of aliphatic hydroxyl groups is 1. The maximum absolute atomic E-state index is 9.52. The molecular weight excluding hydrogens is 168 g/mol. The average molecular weight is 180 g/mol. The van der Waals surface area contributed by atoms with Crippen LogP contribution in [-0.2, 0) is 0 Å². The largest absolute Gasteiger partial charge is 0.481 e. The molecule has 13 heavy (non-hydrogen) atoms. The third-order valence-corrected chi connectivity index (χ3v) is 1.60. The molecule has 0 aliphatic carbocycles. The van der Waals surface area contributed by atoms with Gasteiger partial charge in [0.1, 0.15) is 6.33 Å². The lowest BCUT2D eigenvalue weighted by Gasteiger charge is -2.07. The first-order chi connectivity index (χ1) is 6.27. The Morgan fingerprint density at radius 1 is 1.69 bits per heavy atom. The van der Waals surface area contributed by atoms with E-state index in [0.29, 0.717) is 18.0 Å². The van der Waals surface area contributed by atoms with Crippen LogP contribution in [0.5, 0.6) is 5.88 Å². The Bertz CT molecular complexity index is 289. The van der Waals surface area contributed by atoms with E-state index in [1.165, 1.54) is 13.4 Å². The average Bonchev–Trinajstić information content (AvgIpc) is 2.18. The molecule has 1 heterocycles. The minimum atomic E-state index is -0.630. The van der Waals surface area contributed by atoms with Crippen LogP contribution in [0.4, 0.5) is 0 Å². The van der Waals surface area contributed by atoms with Gasteiger partial charge in [-0.1, -0.05) is 6.08 Å². The predicted molar refractivity (Wildman–Crippen MR) is 48.4 cm³/mol. The summed E-state index contributed by atoms with van der Waals surface area (Å²) in [6, 6.07) is 1.61. The molecule has 4 heteroatoms. The SMILES string of the molecule is C=CCC(O)c1cc(OC)ncn1. The second-order valence-corrected chi connectivity index (χ2v) is 2.53. The summed E-state index contributed by atoms with van der Waals surface area (Å²) in [6.07, 6.45) is 2.84. The molecule has 1 unspecified atom stereocenters. The molecule has 0 saturated heterocycles. The Labute approximate surface area is 76.9 Å². The fraction of sp³-hybridized carbons (Fsp3) is 0.333. The number of rotatable bonds is 4. The molecule has 1 rings (SSSR count). The highest BCUT2D eigenvalue weighted by atomic mass is 16.5. The van der Waals surface area contributed by atoms with E-state index in [2.05, 4.69) is 16.5 Å². The molecule has 0 bridgehead atoms. The standard InChI is InChI=1S/C9H12N2O2/c1-3-4-8(12)7-5-9(13-2)11-6-10-7/h3,5-6,8,12H,1,4H2,2H3. The van der Waals surface area contributed by atoms with Crippen LogP contribution in [0.2, 0.25) is 0 Å².